The van der Waals surface area contributed by atoms with E-state index < -0.39 is 0 Å². The number of aromatic nitrogens is 2. The molecule has 0 aliphatic carbocycles. The van der Waals surface area contributed by atoms with Crippen molar-refractivity contribution in [1.29, 1.82) is 0 Å². The average molecular weight is 509 g/mol. The van der Waals surface area contributed by atoms with Crippen molar-refractivity contribution in [2.75, 3.05) is 19.5 Å². The van der Waals surface area contributed by atoms with Gasteiger partial charge in [-0.3, -0.25) is 4.79 Å². The molecular weight excluding hydrogens is 488 g/mol. The molecule has 1 aromatic heterocycles. The van der Waals surface area contributed by atoms with Crippen molar-refractivity contribution < 1.29 is 14.3 Å². The van der Waals surface area contributed by atoms with Crippen molar-refractivity contribution >= 4 is 58.6 Å². The summed E-state index contributed by atoms with van der Waals surface area (Å²) in [7, 11) is 1.58. The topological polar surface area (TPSA) is 85.7 Å². The molecule has 0 bridgehead atoms. The molecule has 1 heterocycles. The van der Waals surface area contributed by atoms with Gasteiger partial charge in [0.15, 0.2) is 20.2 Å². The van der Waals surface area contributed by atoms with Crippen molar-refractivity contribution in [1.82, 2.24) is 15.6 Å². The molecule has 3 aromatic rings. The number of hydrazone groups is 1. The van der Waals surface area contributed by atoms with Gasteiger partial charge in [0, 0.05) is 10.8 Å². The van der Waals surface area contributed by atoms with Crippen LogP contribution in [0.4, 0.5) is 0 Å². The highest BCUT2D eigenvalue weighted by Gasteiger charge is 2.09. The fourth-order valence-electron chi connectivity index (χ4n) is 2.42. The van der Waals surface area contributed by atoms with E-state index in [1.54, 1.807) is 37.2 Å². The number of carbonyl (C=O) groups excluding carboxylic acids is 1. The van der Waals surface area contributed by atoms with E-state index in [9.17, 15) is 4.79 Å². The monoisotopic (exact) mass is 508 g/mol. The third-order valence-corrected chi connectivity index (χ3v) is 7.39. The molecule has 0 unspecified atom stereocenters. The molecule has 11 heteroatoms. The van der Waals surface area contributed by atoms with Gasteiger partial charge >= 0.3 is 0 Å². The lowest BCUT2D eigenvalue weighted by atomic mass is 10.2. The van der Waals surface area contributed by atoms with Gasteiger partial charge in [0.05, 0.1) is 25.7 Å². The first-order valence-electron chi connectivity index (χ1n) is 9.53. The van der Waals surface area contributed by atoms with Crippen LogP contribution in [0.1, 0.15) is 18.1 Å². The van der Waals surface area contributed by atoms with Gasteiger partial charge in [-0.05, 0) is 48.4 Å². The highest BCUT2D eigenvalue weighted by atomic mass is 35.5. The van der Waals surface area contributed by atoms with E-state index >= 15 is 0 Å². The van der Waals surface area contributed by atoms with Gasteiger partial charge in [0.2, 0.25) is 0 Å². The molecule has 1 amide bonds. The van der Waals surface area contributed by atoms with Gasteiger partial charge in [0.1, 0.15) is 0 Å². The maximum absolute atomic E-state index is 12.1. The predicted molar refractivity (Wildman–Crippen MR) is 132 cm³/mol. The van der Waals surface area contributed by atoms with Crippen LogP contribution >= 0.6 is 46.5 Å². The lowest BCUT2D eigenvalue weighted by molar-refractivity contribution is -0.118. The molecule has 0 spiro atoms. The number of methoxy groups -OCH3 is 1. The smallest absolute Gasteiger partial charge is 0.250 e. The minimum Gasteiger partial charge on any atom is -0.493 e. The molecule has 0 aliphatic heterocycles. The van der Waals surface area contributed by atoms with Crippen LogP contribution in [0.5, 0.6) is 11.5 Å². The molecule has 7 nitrogen and oxygen atoms in total. The fourth-order valence-corrected chi connectivity index (χ4v) is 5.31. The van der Waals surface area contributed by atoms with Crippen molar-refractivity contribution in [2.24, 2.45) is 5.10 Å². The van der Waals surface area contributed by atoms with Gasteiger partial charge in [0.25, 0.3) is 5.91 Å². The molecule has 0 aliphatic rings. The molecule has 0 radical (unpaired) electrons. The Morgan fingerprint density at radius 3 is 2.62 bits per heavy atom. The van der Waals surface area contributed by atoms with Gasteiger partial charge in [-0.15, -0.1) is 10.2 Å². The van der Waals surface area contributed by atoms with Crippen LogP contribution in [0, 0.1) is 0 Å². The SMILES string of the molecule is CCOc1ccc(/C=N\NC(=O)CSc2nnc(SCc3ccc(Cl)cc3)s2)cc1OC. The van der Waals surface area contributed by atoms with Gasteiger partial charge < -0.3 is 9.47 Å². The summed E-state index contributed by atoms with van der Waals surface area (Å²) < 4.78 is 12.4. The highest BCUT2D eigenvalue weighted by Crippen LogP contribution is 2.31. The minimum atomic E-state index is -0.227. The molecule has 32 heavy (non-hydrogen) atoms. The van der Waals surface area contributed by atoms with Crippen LogP contribution in [0.15, 0.2) is 56.2 Å². The zero-order valence-corrected chi connectivity index (χ0v) is 20.6. The third-order valence-electron chi connectivity index (χ3n) is 3.88. The molecule has 0 atom stereocenters. The van der Waals surface area contributed by atoms with Gasteiger partial charge in [-0.2, -0.15) is 5.10 Å². The Balaban J connectivity index is 1.42. The Hall–Kier alpha value is -2.27. The highest BCUT2D eigenvalue weighted by molar-refractivity contribution is 8.03. The number of hydrogen-bond donors (Lipinski definition) is 1. The standard InChI is InChI=1S/C21H21ClN4O3S3/c1-3-29-17-9-6-15(10-18(17)28-2)11-23-24-19(27)13-31-21-26-25-20(32-21)30-12-14-4-7-16(22)8-5-14/h4-11H,3,12-13H2,1-2H3,(H,24,27)/b23-11-. The summed E-state index contributed by atoms with van der Waals surface area (Å²) in [5, 5.41) is 13.0. The first kappa shape index (κ1) is 24.4. The van der Waals surface area contributed by atoms with Crippen LogP contribution in [0.3, 0.4) is 0 Å². The summed E-state index contributed by atoms with van der Waals surface area (Å²) in [4.78, 5) is 12.1. The second-order valence-electron chi connectivity index (χ2n) is 6.17. The maximum Gasteiger partial charge on any atom is 0.250 e. The van der Waals surface area contributed by atoms with E-state index in [1.807, 2.05) is 37.3 Å². The number of halogens is 1. The number of nitrogens with zero attached hydrogens (tertiary/aromatic N) is 3. The number of hydrogen-bond acceptors (Lipinski definition) is 9. The largest absolute Gasteiger partial charge is 0.493 e. The Morgan fingerprint density at radius 2 is 1.91 bits per heavy atom. The number of nitrogens with one attached hydrogen (secondary N) is 1. The van der Waals surface area contributed by atoms with Crippen molar-refractivity contribution in [2.45, 2.75) is 21.4 Å². The second kappa shape index (κ2) is 12.7. The van der Waals surface area contributed by atoms with Crippen molar-refractivity contribution in [3.05, 3.63) is 58.6 Å². The van der Waals surface area contributed by atoms with Gasteiger partial charge in [-0.25, -0.2) is 5.43 Å². The van der Waals surface area contributed by atoms with Gasteiger partial charge in [-0.1, -0.05) is 58.6 Å². The van der Waals surface area contributed by atoms with Crippen LogP contribution in [-0.2, 0) is 10.5 Å². The zero-order chi connectivity index (χ0) is 22.8. The Kier molecular flexibility index (Phi) is 9.66. The predicted octanol–water partition coefficient (Wildman–Crippen LogP) is 5.13. The quantitative estimate of drug-likeness (QED) is 0.218. The van der Waals surface area contributed by atoms with E-state index in [4.69, 9.17) is 21.1 Å². The van der Waals surface area contributed by atoms with E-state index in [1.165, 1.54) is 23.1 Å². The molecule has 0 saturated carbocycles. The molecule has 0 fully saturated rings. The number of thioether (sulfide) groups is 2. The number of carbonyl (C=O) groups is 1. The number of amides is 1. The number of ether oxygens (including phenoxy) is 2. The molecule has 3 rings (SSSR count). The summed E-state index contributed by atoms with van der Waals surface area (Å²) in [6, 6.07) is 13.1. The summed E-state index contributed by atoms with van der Waals surface area (Å²) >= 11 is 10.3. The van der Waals surface area contributed by atoms with Crippen LogP contribution in [0.2, 0.25) is 5.02 Å². The Labute approximate surface area is 204 Å². The first-order valence-corrected chi connectivity index (χ1v) is 12.7. The molecule has 2 aromatic carbocycles. The van der Waals surface area contributed by atoms with E-state index in [-0.39, 0.29) is 11.7 Å². The summed E-state index contributed by atoms with van der Waals surface area (Å²) in [5.41, 5.74) is 4.46. The number of rotatable bonds is 11. The van der Waals surface area contributed by atoms with Crippen molar-refractivity contribution in [3.63, 3.8) is 0 Å². The lowest BCUT2D eigenvalue weighted by Crippen LogP contribution is -2.19. The lowest BCUT2D eigenvalue weighted by Gasteiger charge is -2.09. The summed E-state index contributed by atoms with van der Waals surface area (Å²) in [6.45, 7) is 2.46. The Morgan fingerprint density at radius 1 is 1.16 bits per heavy atom. The third kappa shape index (κ3) is 7.70. The fraction of sp³-hybridized carbons (Fsp3) is 0.238. The van der Waals surface area contributed by atoms with E-state index in [0.29, 0.717) is 18.1 Å². The zero-order valence-electron chi connectivity index (χ0n) is 17.4. The molecule has 168 valence electrons. The van der Waals surface area contributed by atoms with Crippen LogP contribution in [0.25, 0.3) is 0 Å². The summed E-state index contributed by atoms with van der Waals surface area (Å²) in [6.07, 6.45) is 1.55. The average Bonchev–Trinajstić information content (AvgIpc) is 3.26. The normalized spacial score (nSPS) is 11.0. The van der Waals surface area contributed by atoms with E-state index in [2.05, 4.69) is 20.7 Å². The summed E-state index contributed by atoms with van der Waals surface area (Å²) in [5.74, 6) is 2.02. The van der Waals surface area contributed by atoms with Crippen molar-refractivity contribution in [3.8, 4) is 11.5 Å². The minimum absolute atomic E-state index is 0.195. The maximum atomic E-state index is 12.1. The first-order chi connectivity index (χ1) is 15.6. The molecule has 1 N–H and O–H groups in total. The molecule has 0 saturated heterocycles. The van der Waals surface area contributed by atoms with Crippen LogP contribution < -0.4 is 14.9 Å². The second-order valence-corrected chi connectivity index (χ2v) is 10.0. The van der Waals surface area contributed by atoms with E-state index in [0.717, 1.165) is 30.6 Å². The number of benzene rings is 2. The Bertz CT molecular complexity index is 1060. The molecular formula is C21H21ClN4O3S3. The van der Waals surface area contributed by atoms with Crippen LogP contribution in [-0.4, -0.2) is 41.8 Å².